The Kier molecular flexibility index (Phi) is 7.60. The highest BCUT2D eigenvalue weighted by Gasteiger charge is 2.53. The first-order valence-corrected chi connectivity index (χ1v) is 12.5. The van der Waals surface area contributed by atoms with Crippen LogP contribution in [-0.4, -0.2) is 52.7 Å². The third kappa shape index (κ3) is 5.27. The van der Waals surface area contributed by atoms with Crippen LogP contribution in [0, 0.1) is 0 Å². The molecule has 1 aromatic carbocycles. The fraction of sp³-hybridized carbons (Fsp3) is 0.333. The molecule has 2 unspecified atom stereocenters. The van der Waals surface area contributed by atoms with Crippen molar-refractivity contribution in [3.05, 3.63) is 82.8 Å². The highest BCUT2D eigenvalue weighted by molar-refractivity contribution is 7.10. The van der Waals surface area contributed by atoms with Crippen molar-refractivity contribution in [2.45, 2.75) is 37.6 Å². The van der Waals surface area contributed by atoms with Crippen molar-refractivity contribution in [2.75, 3.05) is 20.2 Å². The van der Waals surface area contributed by atoms with Crippen LogP contribution in [-0.2, 0) is 19.8 Å². The SMILES string of the molecule is CC(c1cccs1)N(C)C(=O)CC1(c2ccccc2)CC(=O)N(CCCOc2cccnc2)C1=O. The molecule has 35 heavy (non-hydrogen) atoms. The molecule has 1 fully saturated rings. The number of ether oxygens (including phenoxy) is 1. The maximum absolute atomic E-state index is 13.7. The summed E-state index contributed by atoms with van der Waals surface area (Å²) in [4.78, 5) is 48.2. The maximum atomic E-state index is 13.7. The number of likely N-dealkylation sites (tertiary alicyclic amines) is 1. The molecule has 0 spiro atoms. The molecule has 0 bridgehead atoms. The zero-order valence-electron chi connectivity index (χ0n) is 19.9. The normalized spacial score (nSPS) is 18.5. The van der Waals surface area contributed by atoms with Crippen LogP contribution < -0.4 is 4.74 Å². The van der Waals surface area contributed by atoms with E-state index in [0.29, 0.717) is 24.3 Å². The van der Waals surface area contributed by atoms with Gasteiger partial charge < -0.3 is 9.64 Å². The first-order valence-electron chi connectivity index (χ1n) is 11.6. The van der Waals surface area contributed by atoms with E-state index < -0.39 is 5.41 Å². The van der Waals surface area contributed by atoms with Crippen LogP contribution in [0.25, 0.3) is 0 Å². The Labute approximate surface area is 209 Å². The molecule has 0 radical (unpaired) electrons. The second-order valence-electron chi connectivity index (χ2n) is 8.74. The fourth-order valence-electron chi connectivity index (χ4n) is 4.41. The van der Waals surface area contributed by atoms with Crippen LogP contribution in [0.2, 0.25) is 0 Å². The van der Waals surface area contributed by atoms with E-state index >= 15 is 0 Å². The van der Waals surface area contributed by atoms with E-state index in [-0.39, 0.29) is 43.1 Å². The van der Waals surface area contributed by atoms with Gasteiger partial charge in [-0.05, 0) is 42.5 Å². The summed E-state index contributed by atoms with van der Waals surface area (Å²) in [6.45, 7) is 2.55. The van der Waals surface area contributed by atoms with Crippen molar-refractivity contribution in [3.8, 4) is 5.75 Å². The average molecular weight is 492 g/mol. The monoisotopic (exact) mass is 491 g/mol. The molecule has 3 amide bonds. The number of rotatable bonds is 10. The van der Waals surface area contributed by atoms with Crippen molar-refractivity contribution in [3.63, 3.8) is 0 Å². The number of thiophene rings is 1. The largest absolute Gasteiger partial charge is 0.492 e. The number of carbonyl (C=O) groups excluding carboxylic acids is 3. The number of imide groups is 1. The van der Waals surface area contributed by atoms with Crippen LogP contribution in [0.3, 0.4) is 0 Å². The van der Waals surface area contributed by atoms with E-state index in [0.717, 1.165) is 4.88 Å². The highest BCUT2D eigenvalue weighted by atomic mass is 32.1. The summed E-state index contributed by atoms with van der Waals surface area (Å²) >= 11 is 1.59. The molecule has 2 aromatic heterocycles. The first kappa shape index (κ1) is 24.6. The molecule has 1 aliphatic heterocycles. The highest BCUT2D eigenvalue weighted by Crippen LogP contribution is 2.41. The summed E-state index contributed by atoms with van der Waals surface area (Å²) in [5.41, 5.74) is -0.513. The number of carbonyl (C=O) groups is 3. The standard InChI is InChI=1S/C27H29N3O4S/c1-20(23-12-7-16-35-23)29(2)24(31)17-27(21-9-4-3-5-10-21)18-25(32)30(26(27)33)14-8-15-34-22-11-6-13-28-19-22/h3-7,9-13,16,19-20H,8,14-15,17-18H2,1-2H3. The van der Waals surface area contributed by atoms with Crippen LogP contribution in [0.15, 0.2) is 72.4 Å². The van der Waals surface area contributed by atoms with Crippen molar-refractivity contribution < 1.29 is 19.1 Å². The molecular formula is C27H29N3O4S. The molecule has 0 N–H and O–H groups in total. The molecule has 4 rings (SSSR count). The van der Waals surface area contributed by atoms with E-state index in [1.165, 1.54) is 4.90 Å². The lowest BCUT2D eigenvalue weighted by Gasteiger charge is -2.31. The molecule has 7 nitrogen and oxygen atoms in total. The Morgan fingerprint density at radius 1 is 1.17 bits per heavy atom. The van der Waals surface area contributed by atoms with Gasteiger partial charge >= 0.3 is 0 Å². The van der Waals surface area contributed by atoms with Gasteiger partial charge in [-0.3, -0.25) is 24.3 Å². The van der Waals surface area contributed by atoms with Gasteiger partial charge in [0.15, 0.2) is 0 Å². The number of hydrogen-bond donors (Lipinski definition) is 0. The first-order chi connectivity index (χ1) is 16.9. The number of amides is 3. The van der Waals surface area contributed by atoms with E-state index in [1.54, 1.807) is 47.8 Å². The van der Waals surface area contributed by atoms with Gasteiger partial charge in [0.2, 0.25) is 17.7 Å². The maximum Gasteiger partial charge on any atom is 0.240 e. The van der Waals surface area contributed by atoms with Gasteiger partial charge in [-0.2, -0.15) is 0 Å². The summed E-state index contributed by atoms with van der Waals surface area (Å²) < 4.78 is 5.66. The van der Waals surface area contributed by atoms with Crippen LogP contribution in [0.1, 0.15) is 42.7 Å². The predicted molar refractivity (Wildman–Crippen MR) is 134 cm³/mol. The van der Waals surface area contributed by atoms with Crippen LogP contribution in [0.4, 0.5) is 0 Å². The quantitative estimate of drug-likeness (QED) is 0.313. The van der Waals surface area contributed by atoms with Crippen LogP contribution in [0.5, 0.6) is 5.75 Å². The minimum Gasteiger partial charge on any atom is -0.492 e. The van der Waals surface area contributed by atoms with Crippen LogP contribution >= 0.6 is 11.3 Å². The third-order valence-electron chi connectivity index (χ3n) is 6.55. The van der Waals surface area contributed by atoms with Crippen molar-refractivity contribution in [2.24, 2.45) is 0 Å². The lowest BCUT2D eigenvalue weighted by atomic mass is 9.75. The predicted octanol–water partition coefficient (Wildman–Crippen LogP) is 4.22. The molecule has 1 saturated heterocycles. The lowest BCUT2D eigenvalue weighted by molar-refractivity contribution is -0.143. The zero-order valence-corrected chi connectivity index (χ0v) is 20.7. The fourth-order valence-corrected chi connectivity index (χ4v) is 5.24. The number of aromatic nitrogens is 1. The zero-order chi connectivity index (χ0) is 24.8. The van der Waals surface area contributed by atoms with E-state index in [1.807, 2.05) is 54.8 Å². The minimum absolute atomic E-state index is 0.0216. The van der Waals surface area contributed by atoms with Gasteiger partial charge in [-0.1, -0.05) is 36.4 Å². The molecule has 182 valence electrons. The van der Waals surface area contributed by atoms with E-state index in [9.17, 15) is 14.4 Å². The smallest absolute Gasteiger partial charge is 0.240 e. The Morgan fingerprint density at radius 3 is 2.66 bits per heavy atom. The average Bonchev–Trinajstić information content (AvgIpc) is 3.50. The summed E-state index contributed by atoms with van der Waals surface area (Å²) in [6.07, 6.45) is 3.69. The van der Waals surface area contributed by atoms with Gasteiger partial charge in [0, 0.05) is 37.5 Å². The molecule has 8 heteroatoms. The second-order valence-corrected chi connectivity index (χ2v) is 9.72. The molecule has 0 aliphatic carbocycles. The molecule has 2 atom stereocenters. The number of pyridine rings is 1. The van der Waals surface area contributed by atoms with Crippen molar-refractivity contribution in [1.82, 2.24) is 14.8 Å². The van der Waals surface area contributed by atoms with Gasteiger partial charge in [-0.25, -0.2) is 0 Å². The lowest BCUT2D eigenvalue weighted by Crippen LogP contribution is -2.43. The number of benzene rings is 1. The summed E-state index contributed by atoms with van der Waals surface area (Å²) in [6, 6.07) is 16.6. The van der Waals surface area contributed by atoms with Gasteiger partial charge in [0.25, 0.3) is 0 Å². The van der Waals surface area contributed by atoms with Gasteiger partial charge in [0.05, 0.1) is 24.3 Å². The third-order valence-corrected chi connectivity index (χ3v) is 7.59. The van der Waals surface area contributed by atoms with Gasteiger partial charge in [0.1, 0.15) is 5.75 Å². The summed E-state index contributed by atoms with van der Waals surface area (Å²) in [5, 5.41) is 1.98. The van der Waals surface area contributed by atoms with E-state index in [2.05, 4.69) is 4.98 Å². The van der Waals surface area contributed by atoms with Crippen molar-refractivity contribution >= 4 is 29.1 Å². The molecular weight excluding hydrogens is 462 g/mol. The Hall–Kier alpha value is -3.52. The Bertz CT molecular complexity index is 1150. The molecule has 3 aromatic rings. The molecule has 1 aliphatic rings. The second kappa shape index (κ2) is 10.8. The minimum atomic E-state index is -1.21. The molecule has 3 heterocycles. The summed E-state index contributed by atoms with van der Waals surface area (Å²) in [7, 11) is 1.75. The number of nitrogens with zero attached hydrogens (tertiary/aromatic N) is 3. The Morgan fingerprint density at radius 2 is 1.97 bits per heavy atom. The number of hydrogen-bond acceptors (Lipinski definition) is 6. The Balaban J connectivity index is 1.49. The molecule has 0 saturated carbocycles. The topological polar surface area (TPSA) is 79.8 Å². The summed E-state index contributed by atoms with van der Waals surface area (Å²) in [5.74, 6) is -0.112. The van der Waals surface area contributed by atoms with Crippen molar-refractivity contribution in [1.29, 1.82) is 0 Å². The van der Waals surface area contributed by atoms with Gasteiger partial charge in [-0.15, -0.1) is 11.3 Å². The van der Waals surface area contributed by atoms with E-state index in [4.69, 9.17) is 4.74 Å².